The van der Waals surface area contributed by atoms with Gasteiger partial charge >= 0.3 is 0 Å². The van der Waals surface area contributed by atoms with Crippen molar-refractivity contribution in [3.63, 3.8) is 0 Å². The minimum Gasteiger partial charge on any atom is -0.353 e. The Hall–Kier alpha value is -0.810. The Bertz CT molecular complexity index is 425. The van der Waals surface area contributed by atoms with E-state index in [2.05, 4.69) is 36.2 Å². The van der Waals surface area contributed by atoms with Crippen LogP contribution in [-0.2, 0) is 4.79 Å². The number of likely N-dealkylation sites (N-methyl/N-ethyl adjacent to an activating group) is 1. The zero-order chi connectivity index (χ0) is 15.8. The number of amides is 1. The molecule has 134 valence electrons. The second kappa shape index (κ2) is 12.6. The van der Waals surface area contributed by atoms with Crippen LogP contribution in [0.4, 0.5) is 0 Å². The van der Waals surface area contributed by atoms with Gasteiger partial charge in [0.15, 0.2) is 0 Å². The maximum atomic E-state index is 12.1. The maximum Gasteiger partial charge on any atom is 0.237 e. The van der Waals surface area contributed by atoms with Crippen molar-refractivity contribution in [3.05, 3.63) is 35.9 Å². The Morgan fingerprint density at radius 2 is 1.65 bits per heavy atom. The van der Waals surface area contributed by atoms with E-state index >= 15 is 0 Å². The van der Waals surface area contributed by atoms with Gasteiger partial charge in [-0.25, -0.2) is 0 Å². The van der Waals surface area contributed by atoms with Crippen LogP contribution in [0.5, 0.6) is 0 Å². The Morgan fingerprint density at radius 1 is 1.13 bits per heavy atom. The summed E-state index contributed by atoms with van der Waals surface area (Å²) in [6.07, 6.45) is 0. The number of nitrogens with one attached hydrogen (secondary N) is 1. The second-order valence-electron chi connectivity index (χ2n) is 5.66. The van der Waals surface area contributed by atoms with Gasteiger partial charge in [0.1, 0.15) is 0 Å². The molecule has 0 aromatic heterocycles. The van der Waals surface area contributed by atoms with Crippen molar-refractivity contribution in [3.8, 4) is 0 Å². The molecular formula is C17H31Cl2N3O. The summed E-state index contributed by atoms with van der Waals surface area (Å²) in [5.41, 5.74) is 7.12. The van der Waals surface area contributed by atoms with Gasteiger partial charge in [-0.05, 0) is 24.6 Å². The Kier molecular flexibility index (Phi) is 13.4. The van der Waals surface area contributed by atoms with Gasteiger partial charge in [-0.3, -0.25) is 9.69 Å². The molecule has 6 heteroatoms. The van der Waals surface area contributed by atoms with Gasteiger partial charge in [-0.15, -0.1) is 24.8 Å². The van der Waals surface area contributed by atoms with Crippen molar-refractivity contribution in [2.45, 2.75) is 39.8 Å². The zero-order valence-corrected chi connectivity index (χ0v) is 16.1. The fraction of sp³-hybridized carbons (Fsp3) is 0.588. The lowest BCUT2D eigenvalue weighted by Crippen LogP contribution is -2.47. The number of carbonyl (C=O) groups excluding carboxylic acids is 1. The van der Waals surface area contributed by atoms with Crippen LogP contribution >= 0.6 is 24.8 Å². The first kappa shape index (κ1) is 24.4. The SMILES string of the molecule is CCN(CC)C(CNC(=O)[C@H](N)C(C)C)c1ccccc1.Cl.Cl. The minimum atomic E-state index is -0.446. The van der Waals surface area contributed by atoms with E-state index < -0.39 is 6.04 Å². The summed E-state index contributed by atoms with van der Waals surface area (Å²) < 4.78 is 0. The smallest absolute Gasteiger partial charge is 0.237 e. The van der Waals surface area contributed by atoms with Crippen molar-refractivity contribution in [1.29, 1.82) is 0 Å². The van der Waals surface area contributed by atoms with Gasteiger partial charge in [-0.1, -0.05) is 58.0 Å². The van der Waals surface area contributed by atoms with Gasteiger partial charge in [0, 0.05) is 6.54 Å². The van der Waals surface area contributed by atoms with Crippen LogP contribution in [0.2, 0.25) is 0 Å². The predicted molar refractivity (Wildman–Crippen MR) is 102 cm³/mol. The highest BCUT2D eigenvalue weighted by molar-refractivity contribution is 5.85. The maximum absolute atomic E-state index is 12.1. The molecule has 0 bridgehead atoms. The largest absolute Gasteiger partial charge is 0.353 e. The second-order valence-corrected chi connectivity index (χ2v) is 5.66. The molecule has 2 atom stereocenters. The molecule has 1 aromatic rings. The van der Waals surface area contributed by atoms with E-state index in [0.717, 1.165) is 13.1 Å². The van der Waals surface area contributed by atoms with E-state index in [0.29, 0.717) is 6.54 Å². The van der Waals surface area contributed by atoms with Crippen LogP contribution < -0.4 is 11.1 Å². The molecule has 1 unspecified atom stereocenters. The molecule has 0 aliphatic rings. The van der Waals surface area contributed by atoms with Gasteiger partial charge in [0.2, 0.25) is 5.91 Å². The van der Waals surface area contributed by atoms with Crippen LogP contribution in [-0.4, -0.2) is 36.5 Å². The third kappa shape index (κ3) is 7.53. The van der Waals surface area contributed by atoms with Crippen LogP contribution in [0.25, 0.3) is 0 Å². The van der Waals surface area contributed by atoms with Crippen molar-refractivity contribution in [2.24, 2.45) is 11.7 Å². The van der Waals surface area contributed by atoms with E-state index in [9.17, 15) is 4.79 Å². The molecule has 3 N–H and O–H groups in total. The van der Waals surface area contributed by atoms with Crippen LogP contribution in [0.1, 0.15) is 39.3 Å². The molecule has 0 heterocycles. The van der Waals surface area contributed by atoms with Crippen molar-refractivity contribution >= 4 is 30.7 Å². The van der Waals surface area contributed by atoms with E-state index in [1.807, 2.05) is 32.0 Å². The Balaban J connectivity index is 0. The van der Waals surface area contributed by atoms with Gasteiger partial charge in [0.05, 0.1) is 12.1 Å². The number of nitrogens with zero attached hydrogens (tertiary/aromatic N) is 1. The summed E-state index contributed by atoms with van der Waals surface area (Å²) in [5.74, 6) is 0.0757. The van der Waals surface area contributed by atoms with Crippen molar-refractivity contribution in [2.75, 3.05) is 19.6 Å². The van der Waals surface area contributed by atoms with Gasteiger partial charge < -0.3 is 11.1 Å². The number of carbonyl (C=O) groups is 1. The molecule has 0 saturated heterocycles. The molecule has 0 radical (unpaired) electrons. The van der Waals surface area contributed by atoms with E-state index in [1.165, 1.54) is 5.56 Å². The number of hydrogen-bond acceptors (Lipinski definition) is 3. The molecule has 1 rings (SSSR count). The first-order valence-corrected chi connectivity index (χ1v) is 7.83. The van der Waals surface area contributed by atoms with Crippen LogP contribution in [0.3, 0.4) is 0 Å². The molecule has 0 fully saturated rings. The highest BCUT2D eigenvalue weighted by atomic mass is 35.5. The number of benzene rings is 1. The average Bonchev–Trinajstić information content (AvgIpc) is 2.51. The summed E-state index contributed by atoms with van der Waals surface area (Å²) in [6, 6.07) is 10.0. The molecule has 1 amide bonds. The Morgan fingerprint density at radius 3 is 2.09 bits per heavy atom. The third-order valence-corrected chi connectivity index (χ3v) is 3.93. The fourth-order valence-corrected chi connectivity index (χ4v) is 2.42. The van der Waals surface area contributed by atoms with Crippen LogP contribution in [0.15, 0.2) is 30.3 Å². The molecule has 0 saturated carbocycles. The van der Waals surface area contributed by atoms with E-state index in [-0.39, 0.29) is 42.7 Å². The average molecular weight is 364 g/mol. The molecule has 0 spiro atoms. The molecule has 23 heavy (non-hydrogen) atoms. The highest BCUT2D eigenvalue weighted by Crippen LogP contribution is 2.19. The van der Waals surface area contributed by atoms with E-state index in [4.69, 9.17) is 5.73 Å². The topological polar surface area (TPSA) is 58.4 Å². The number of hydrogen-bond donors (Lipinski definition) is 2. The third-order valence-electron chi connectivity index (χ3n) is 3.93. The lowest BCUT2D eigenvalue weighted by Gasteiger charge is -2.30. The van der Waals surface area contributed by atoms with E-state index in [1.54, 1.807) is 0 Å². The first-order valence-electron chi connectivity index (χ1n) is 7.83. The molecule has 1 aromatic carbocycles. The predicted octanol–water partition coefficient (Wildman–Crippen LogP) is 3.01. The lowest BCUT2D eigenvalue weighted by molar-refractivity contribution is -0.123. The zero-order valence-electron chi connectivity index (χ0n) is 14.5. The standard InChI is InChI=1S/C17H29N3O.2ClH/c1-5-20(6-2)15(14-10-8-7-9-11-14)12-19-17(21)16(18)13(3)4;;/h7-11,13,15-16H,5-6,12,18H2,1-4H3,(H,19,21);2*1H/t15?,16-;;/m1../s1. The summed E-state index contributed by atoms with van der Waals surface area (Å²) in [7, 11) is 0. The Labute approximate surface area is 153 Å². The minimum absolute atomic E-state index is 0. The van der Waals surface area contributed by atoms with Crippen molar-refractivity contribution in [1.82, 2.24) is 10.2 Å². The highest BCUT2D eigenvalue weighted by Gasteiger charge is 2.21. The molecule has 0 aliphatic heterocycles. The summed E-state index contributed by atoms with van der Waals surface area (Å²) in [6.45, 7) is 10.7. The van der Waals surface area contributed by atoms with Gasteiger partial charge in [0.25, 0.3) is 0 Å². The van der Waals surface area contributed by atoms with Gasteiger partial charge in [-0.2, -0.15) is 0 Å². The molecule has 0 aliphatic carbocycles. The molecular weight excluding hydrogens is 333 g/mol. The normalized spacial score (nSPS) is 13.0. The quantitative estimate of drug-likeness (QED) is 0.746. The first-order chi connectivity index (χ1) is 10.0. The fourth-order valence-electron chi connectivity index (χ4n) is 2.42. The summed E-state index contributed by atoms with van der Waals surface area (Å²) >= 11 is 0. The number of halogens is 2. The number of nitrogens with two attached hydrogens (primary N) is 1. The summed E-state index contributed by atoms with van der Waals surface area (Å²) in [5, 5.41) is 3.01. The summed E-state index contributed by atoms with van der Waals surface area (Å²) in [4.78, 5) is 14.4. The monoisotopic (exact) mass is 363 g/mol. The van der Waals surface area contributed by atoms with Crippen LogP contribution in [0, 0.1) is 5.92 Å². The van der Waals surface area contributed by atoms with Crippen molar-refractivity contribution < 1.29 is 4.79 Å². The lowest BCUT2D eigenvalue weighted by atomic mass is 10.0. The number of rotatable bonds is 8. The molecule has 4 nitrogen and oxygen atoms in total.